The summed E-state index contributed by atoms with van der Waals surface area (Å²) in [6.45, 7) is 8.67. The lowest BCUT2D eigenvalue weighted by Gasteiger charge is -2.29. The first-order chi connectivity index (χ1) is 6.95. The summed E-state index contributed by atoms with van der Waals surface area (Å²) < 4.78 is 0. The zero-order chi connectivity index (χ0) is 11.5. The molecule has 1 unspecified atom stereocenters. The highest BCUT2D eigenvalue weighted by molar-refractivity contribution is 5.77. The minimum atomic E-state index is 0.254. The first-order valence-corrected chi connectivity index (χ1v) is 5.67. The van der Waals surface area contributed by atoms with Gasteiger partial charge in [0.25, 0.3) is 0 Å². The van der Waals surface area contributed by atoms with Crippen molar-refractivity contribution in [2.24, 2.45) is 22.2 Å². The third-order valence-electron chi connectivity index (χ3n) is 3.38. The van der Waals surface area contributed by atoms with Gasteiger partial charge in [-0.3, -0.25) is 0 Å². The van der Waals surface area contributed by atoms with Crippen LogP contribution in [0.25, 0.3) is 0 Å². The minimum Gasteiger partial charge on any atom is -0.408 e. The standard InChI is InChI=1S/C11H23N3O/c1-11(2,3)9-5-4-7-14(8-6-9)10(12)13-15/h9,15H,4-8H2,1-3H3,(H2,12,13). The van der Waals surface area contributed by atoms with E-state index in [1.54, 1.807) is 0 Å². The van der Waals surface area contributed by atoms with Gasteiger partial charge in [-0.05, 0) is 30.6 Å². The largest absolute Gasteiger partial charge is 0.408 e. The van der Waals surface area contributed by atoms with Crippen molar-refractivity contribution in [1.29, 1.82) is 0 Å². The maximum atomic E-state index is 8.63. The summed E-state index contributed by atoms with van der Waals surface area (Å²) in [6.07, 6.45) is 3.48. The molecular formula is C11H23N3O. The van der Waals surface area contributed by atoms with Gasteiger partial charge in [0, 0.05) is 13.1 Å². The van der Waals surface area contributed by atoms with E-state index in [4.69, 9.17) is 10.9 Å². The highest BCUT2D eigenvalue weighted by atomic mass is 16.4. The van der Waals surface area contributed by atoms with Crippen LogP contribution in [0.3, 0.4) is 0 Å². The maximum absolute atomic E-state index is 8.63. The highest BCUT2D eigenvalue weighted by Gasteiger charge is 2.27. The smallest absolute Gasteiger partial charge is 0.233 e. The lowest BCUT2D eigenvalue weighted by atomic mass is 9.77. The average molecular weight is 213 g/mol. The number of hydrogen-bond acceptors (Lipinski definition) is 2. The lowest BCUT2D eigenvalue weighted by Crippen LogP contribution is -2.38. The Morgan fingerprint density at radius 3 is 2.53 bits per heavy atom. The molecule has 0 bridgehead atoms. The molecule has 0 aromatic rings. The molecule has 1 rings (SSSR count). The molecule has 1 atom stereocenters. The van der Waals surface area contributed by atoms with E-state index in [0.29, 0.717) is 5.41 Å². The fourth-order valence-electron chi connectivity index (χ4n) is 2.25. The molecule has 88 valence electrons. The van der Waals surface area contributed by atoms with Crippen LogP contribution in [-0.2, 0) is 0 Å². The molecule has 0 aromatic heterocycles. The van der Waals surface area contributed by atoms with Crippen molar-refractivity contribution in [1.82, 2.24) is 4.90 Å². The van der Waals surface area contributed by atoms with Crippen LogP contribution in [0.2, 0.25) is 0 Å². The first kappa shape index (κ1) is 12.1. The van der Waals surface area contributed by atoms with Crippen LogP contribution in [0.4, 0.5) is 0 Å². The molecule has 0 aromatic carbocycles. The highest BCUT2D eigenvalue weighted by Crippen LogP contribution is 2.34. The number of nitrogens with two attached hydrogens (primary N) is 1. The van der Waals surface area contributed by atoms with Gasteiger partial charge in [0.15, 0.2) is 0 Å². The van der Waals surface area contributed by atoms with E-state index in [-0.39, 0.29) is 5.96 Å². The molecule has 1 aliphatic heterocycles. The van der Waals surface area contributed by atoms with Gasteiger partial charge in [0.2, 0.25) is 5.96 Å². The molecule has 1 heterocycles. The summed E-state index contributed by atoms with van der Waals surface area (Å²) in [5.74, 6) is 0.985. The van der Waals surface area contributed by atoms with E-state index in [1.807, 2.05) is 4.90 Å². The fraction of sp³-hybridized carbons (Fsp3) is 0.909. The lowest BCUT2D eigenvalue weighted by molar-refractivity contribution is 0.215. The van der Waals surface area contributed by atoms with Gasteiger partial charge in [-0.1, -0.05) is 25.9 Å². The third-order valence-corrected chi connectivity index (χ3v) is 3.38. The second-order valence-electron chi connectivity index (χ2n) is 5.44. The molecule has 0 aliphatic carbocycles. The van der Waals surface area contributed by atoms with Gasteiger partial charge in [0.05, 0.1) is 0 Å². The molecule has 0 radical (unpaired) electrons. The van der Waals surface area contributed by atoms with Gasteiger partial charge in [-0.2, -0.15) is 0 Å². The minimum absolute atomic E-state index is 0.254. The van der Waals surface area contributed by atoms with Crippen LogP contribution in [-0.4, -0.2) is 29.2 Å². The molecule has 0 saturated carbocycles. The number of oxime groups is 1. The van der Waals surface area contributed by atoms with Crippen LogP contribution in [0.15, 0.2) is 5.16 Å². The summed E-state index contributed by atoms with van der Waals surface area (Å²) in [4.78, 5) is 1.96. The Morgan fingerprint density at radius 2 is 2.00 bits per heavy atom. The zero-order valence-electron chi connectivity index (χ0n) is 10.0. The Kier molecular flexibility index (Phi) is 3.83. The summed E-state index contributed by atoms with van der Waals surface area (Å²) in [5, 5.41) is 11.7. The number of hydrogen-bond donors (Lipinski definition) is 2. The third kappa shape index (κ3) is 3.29. The number of guanidine groups is 1. The summed E-state index contributed by atoms with van der Waals surface area (Å²) in [7, 11) is 0. The van der Waals surface area contributed by atoms with Crippen LogP contribution in [0.5, 0.6) is 0 Å². The first-order valence-electron chi connectivity index (χ1n) is 5.67. The van der Waals surface area contributed by atoms with Crippen LogP contribution < -0.4 is 5.73 Å². The predicted molar refractivity (Wildman–Crippen MR) is 61.8 cm³/mol. The van der Waals surface area contributed by atoms with Crippen molar-refractivity contribution in [3.05, 3.63) is 0 Å². The van der Waals surface area contributed by atoms with E-state index >= 15 is 0 Å². The molecule has 4 nitrogen and oxygen atoms in total. The van der Waals surface area contributed by atoms with Gasteiger partial charge in [0.1, 0.15) is 0 Å². The molecule has 1 fully saturated rings. The second kappa shape index (κ2) is 4.73. The summed E-state index contributed by atoms with van der Waals surface area (Å²) in [6, 6.07) is 0. The van der Waals surface area contributed by atoms with Gasteiger partial charge < -0.3 is 15.8 Å². The maximum Gasteiger partial charge on any atom is 0.233 e. The van der Waals surface area contributed by atoms with Crippen molar-refractivity contribution in [2.75, 3.05) is 13.1 Å². The van der Waals surface area contributed by atoms with E-state index in [9.17, 15) is 0 Å². The van der Waals surface area contributed by atoms with Gasteiger partial charge in [-0.15, -0.1) is 0 Å². The number of rotatable bonds is 0. The number of likely N-dealkylation sites (tertiary alicyclic amines) is 1. The Balaban J connectivity index is 2.56. The Bertz CT molecular complexity index is 232. The van der Waals surface area contributed by atoms with Crippen LogP contribution >= 0.6 is 0 Å². The molecule has 0 amide bonds. The molecule has 3 N–H and O–H groups in total. The van der Waals surface area contributed by atoms with E-state index in [1.165, 1.54) is 6.42 Å². The van der Waals surface area contributed by atoms with E-state index in [2.05, 4.69) is 25.9 Å². The average Bonchev–Trinajstić information content (AvgIpc) is 2.40. The molecule has 4 heteroatoms. The van der Waals surface area contributed by atoms with Crippen LogP contribution in [0.1, 0.15) is 40.0 Å². The van der Waals surface area contributed by atoms with Gasteiger partial charge in [-0.25, -0.2) is 0 Å². The van der Waals surface area contributed by atoms with Gasteiger partial charge >= 0.3 is 0 Å². The van der Waals surface area contributed by atoms with Crippen molar-refractivity contribution in [2.45, 2.75) is 40.0 Å². The summed E-state index contributed by atoms with van der Waals surface area (Å²) in [5.41, 5.74) is 5.96. The van der Waals surface area contributed by atoms with Crippen LogP contribution in [0, 0.1) is 11.3 Å². The van der Waals surface area contributed by atoms with Crippen molar-refractivity contribution < 1.29 is 5.21 Å². The Hall–Kier alpha value is -0.930. The molecule has 1 aliphatic rings. The molecule has 0 spiro atoms. The van der Waals surface area contributed by atoms with Crippen molar-refractivity contribution in [3.63, 3.8) is 0 Å². The monoisotopic (exact) mass is 213 g/mol. The molecular weight excluding hydrogens is 190 g/mol. The Morgan fingerprint density at radius 1 is 1.33 bits per heavy atom. The number of nitrogens with zero attached hydrogens (tertiary/aromatic N) is 2. The SMILES string of the molecule is CC(C)(C)C1CCCN(C(N)=NO)CC1. The normalized spacial score (nSPS) is 25.1. The second-order valence-corrected chi connectivity index (χ2v) is 5.44. The molecule has 1 saturated heterocycles. The topological polar surface area (TPSA) is 61.8 Å². The Labute approximate surface area is 92.1 Å². The van der Waals surface area contributed by atoms with E-state index in [0.717, 1.165) is 31.8 Å². The summed E-state index contributed by atoms with van der Waals surface area (Å²) >= 11 is 0. The fourth-order valence-corrected chi connectivity index (χ4v) is 2.25. The zero-order valence-corrected chi connectivity index (χ0v) is 10.0. The van der Waals surface area contributed by atoms with Crippen molar-refractivity contribution in [3.8, 4) is 0 Å². The molecule has 15 heavy (non-hydrogen) atoms. The van der Waals surface area contributed by atoms with Crippen molar-refractivity contribution >= 4 is 5.96 Å². The predicted octanol–water partition coefficient (Wildman–Crippen LogP) is 1.84. The van der Waals surface area contributed by atoms with E-state index < -0.39 is 0 Å². The quantitative estimate of drug-likeness (QED) is 0.279.